The summed E-state index contributed by atoms with van der Waals surface area (Å²) in [6.45, 7) is 5.82. The van der Waals surface area contributed by atoms with Crippen molar-refractivity contribution in [1.82, 2.24) is 9.97 Å². The second-order valence-electron chi connectivity index (χ2n) is 4.07. The smallest absolute Gasteiger partial charge is 0.128 e. The van der Waals surface area contributed by atoms with Crippen molar-refractivity contribution in [1.29, 1.82) is 0 Å². The van der Waals surface area contributed by atoms with Crippen molar-refractivity contribution < 1.29 is 0 Å². The Morgan fingerprint density at radius 2 is 1.94 bits per heavy atom. The van der Waals surface area contributed by atoms with Crippen LogP contribution in [0.25, 0.3) is 0 Å². The Bertz CT molecular complexity index is 495. The van der Waals surface area contributed by atoms with Gasteiger partial charge in [0.1, 0.15) is 16.6 Å². The van der Waals surface area contributed by atoms with Gasteiger partial charge < -0.3 is 10.6 Å². The minimum Gasteiger partial charge on any atom is -0.370 e. The molecule has 0 saturated carbocycles. The summed E-state index contributed by atoms with van der Waals surface area (Å²) in [5, 5.41) is 9.70. The van der Waals surface area contributed by atoms with Gasteiger partial charge in [-0.2, -0.15) is 0 Å². The van der Waals surface area contributed by atoms with E-state index < -0.39 is 0 Å². The molecule has 0 spiro atoms. The molecule has 5 heteroatoms. The monoisotopic (exact) mass is 262 g/mol. The maximum Gasteiger partial charge on any atom is 0.128 e. The SMILES string of the molecule is CCCNc1cccc(NCc2nc(C)cs2)n1. The highest BCUT2D eigenvalue weighted by Gasteiger charge is 2.00. The van der Waals surface area contributed by atoms with Gasteiger partial charge in [0, 0.05) is 17.6 Å². The average Bonchev–Trinajstić information content (AvgIpc) is 2.80. The van der Waals surface area contributed by atoms with Gasteiger partial charge in [0.15, 0.2) is 0 Å². The van der Waals surface area contributed by atoms with Gasteiger partial charge in [0.05, 0.1) is 6.54 Å². The minimum absolute atomic E-state index is 0.725. The molecule has 0 bridgehead atoms. The van der Waals surface area contributed by atoms with E-state index in [1.54, 1.807) is 11.3 Å². The number of nitrogens with one attached hydrogen (secondary N) is 2. The van der Waals surface area contributed by atoms with E-state index in [2.05, 4.69) is 32.9 Å². The van der Waals surface area contributed by atoms with Gasteiger partial charge in [-0.15, -0.1) is 11.3 Å². The van der Waals surface area contributed by atoms with E-state index in [4.69, 9.17) is 0 Å². The van der Waals surface area contributed by atoms with Crippen LogP contribution in [0.4, 0.5) is 11.6 Å². The largest absolute Gasteiger partial charge is 0.370 e. The van der Waals surface area contributed by atoms with Gasteiger partial charge in [-0.3, -0.25) is 0 Å². The maximum absolute atomic E-state index is 4.49. The van der Waals surface area contributed by atoms with E-state index >= 15 is 0 Å². The number of anilines is 2. The molecule has 0 amide bonds. The topological polar surface area (TPSA) is 49.8 Å². The van der Waals surface area contributed by atoms with Crippen molar-refractivity contribution in [3.05, 3.63) is 34.3 Å². The molecular formula is C13H18N4S. The quantitative estimate of drug-likeness (QED) is 0.839. The van der Waals surface area contributed by atoms with E-state index in [0.717, 1.165) is 41.8 Å². The van der Waals surface area contributed by atoms with Crippen LogP contribution in [-0.4, -0.2) is 16.5 Å². The molecule has 4 nitrogen and oxygen atoms in total. The molecule has 2 N–H and O–H groups in total. The van der Waals surface area contributed by atoms with E-state index in [1.807, 2.05) is 25.1 Å². The first kappa shape index (κ1) is 12.8. The minimum atomic E-state index is 0.725. The number of aryl methyl sites for hydroxylation is 1. The van der Waals surface area contributed by atoms with Crippen LogP contribution in [-0.2, 0) is 6.54 Å². The molecule has 2 rings (SSSR count). The third-order valence-electron chi connectivity index (χ3n) is 2.39. The van der Waals surface area contributed by atoms with Crippen LogP contribution < -0.4 is 10.6 Å². The Kier molecular flexibility index (Phi) is 4.52. The first-order valence-electron chi connectivity index (χ1n) is 6.13. The molecule has 0 aliphatic rings. The number of aromatic nitrogens is 2. The number of rotatable bonds is 6. The van der Waals surface area contributed by atoms with Crippen molar-refractivity contribution in [3.63, 3.8) is 0 Å². The fourth-order valence-corrected chi connectivity index (χ4v) is 2.25. The highest BCUT2D eigenvalue weighted by Crippen LogP contribution is 2.13. The summed E-state index contributed by atoms with van der Waals surface area (Å²) in [7, 11) is 0. The fraction of sp³-hybridized carbons (Fsp3) is 0.385. The van der Waals surface area contributed by atoms with Gasteiger partial charge in [0.25, 0.3) is 0 Å². The summed E-state index contributed by atoms with van der Waals surface area (Å²) >= 11 is 1.67. The van der Waals surface area contributed by atoms with Crippen molar-refractivity contribution in [2.75, 3.05) is 17.2 Å². The van der Waals surface area contributed by atoms with Gasteiger partial charge in [-0.25, -0.2) is 9.97 Å². The summed E-state index contributed by atoms with van der Waals surface area (Å²) in [6, 6.07) is 5.95. The first-order chi connectivity index (χ1) is 8.78. The summed E-state index contributed by atoms with van der Waals surface area (Å²) in [5.41, 5.74) is 1.07. The molecule has 2 heterocycles. The van der Waals surface area contributed by atoms with E-state index in [1.165, 1.54) is 0 Å². The Balaban J connectivity index is 1.92. The number of hydrogen-bond donors (Lipinski definition) is 2. The molecule has 2 aromatic rings. The van der Waals surface area contributed by atoms with Crippen LogP contribution in [0.15, 0.2) is 23.6 Å². The zero-order chi connectivity index (χ0) is 12.8. The van der Waals surface area contributed by atoms with Gasteiger partial charge >= 0.3 is 0 Å². The molecule has 0 radical (unpaired) electrons. The molecular weight excluding hydrogens is 244 g/mol. The van der Waals surface area contributed by atoms with Crippen LogP contribution in [0, 0.1) is 6.92 Å². The third kappa shape index (κ3) is 3.70. The predicted octanol–water partition coefficient (Wildman–Crippen LogP) is 3.28. The summed E-state index contributed by atoms with van der Waals surface area (Å²) in [6.07, 6.45) is 1.09. The van der Waals surface area contributed by atoms with Crippen LogP contribution in [0.3, 0.4) is 0 Å². The average molecular weight is 262 g/mol. The molecule has 0 aliphatic carbocycles. The zero-order valence-corrected chi connectivity index (χ0v) is 11.5. The van der Waals surface area contributed by atoms with Crippen molar-refractivity contribution in [2.45, 2.75) is 26.8 Å². The highest BCUT2D eigenvalue weighted by molar-refractivity contribution is 7.09. The molecule has 0 unspecified atom stereocenters. The van der Waals surface area contributed by atoms with Crippen LogP contribution in [0.5, 0.6) is 0 Å². The predicted molar refractivity (Wildman–Crippen MR) is 77.2 cm³/mol. The summed E-state index contributed by atoms with van der Waals surface area (Å²) < 4.78 is 0. The molecule has 2 aromatic heterocycles. The Hall–Kier alpha value is -1.62. The Labute approximate surface area is 111 Å². The zero-order valence-electron chi connectivity index (χ0n) is 10.7. The number of pyridine rings is 1. The molecule has 0 fully saturated rings. The van der Waals surface area contributed by atoms with Crippen molar-refractivity contribution in [2.24, 2.45) is 0 Å². The summed E-state index contributed by atoms with van der Waals surface area (Å²) in [5.74, 6) is 1.79. The van der Waals surface area contributed by atoms with Gasteiger partial charge in [0.2, 0.25) is 0 Å². The molecule has 18 heavy (non-hydrogen) atoms. The van der Waals surface area contributed by atoms with Crippen molar-refractivity contribution >= 4 is 23.0 Å². The lowest BCUT2D eigenvalue weighted by Gasteiger charge is -2.07. The second kappa shape index (κ2) is 6.35. The standard InChI is InChI=1S/C13H18N4S/c1-3-7-14-11-5-4-6-12(17-11)15-8-13-16-10(2)9-18-13/h4-6,9H,3,7-8H2,1-2H3,(H2,14,15,17). The normalized spacial score (nSPS) is 10.3. The molecule has 0 aliphatic heterocycles. The van der Waals surface area contributed by atoms with E-state index in [-0.39, 0.29) is 0 Å². The Morgan fingerprint density at radius 3 is 2.61 bits per heavy atom. The van der Waals surface area contributed by atoms with Crippen LogP contribution >= 0.6 is 11.3 Å². The molecule has 0 atom stereocenters. The number of hydrogen-bond acceptors (Lipinski definition) is 5. The lowest BCUT2D eigenvalue weighted by molar-refractivity contribution is 0.967. The molecule has 0 aromatic carbocycles. The Morgan fingerprint density at radius 1 is 1.17 bits per heavy atom. The van der Waals surface area contributed by atoms with E-state index in [0.29, 0.717) is 0 Å². The molecule has 96 valence electrons. The third-order valence-corrected chi connectivity index (χ3v) is 3.36. The van der Waals surface area contributed by atoms with E-state index in [9.17, 15) is 0 Å². The van der Waals surface area contributed by atoms with Crippen molar-refractivity contribution in [3.8, 4) is 0 Å². The lowest BCUT2D eigenvalue weighted by atomic mass is 10.4. The first-order valence-corrected chi connectivity index (χ1v) is 7.01. The maximum atomic E-state index is 4.49. The number of thiazole rings is 1. The summed E-state index contributed by atoms with van der Waals surface area (Å²) in [4.78, 5) is 8.90. The lowest BCUT2D eigenvalue weighted by Crippen LogP contribution is -2.05. The van der Waals surface area contributed by atoms with Crippen LogP contribution in [0.2, 0.25) is 0 Å². The fourth-order valence-electron chi connectivity index (χ4n) is 1.53. The number of nitrogens with zero attached hydrogens (tertiary/aromatic N) is 2. The van der Waals surface area contributed by atoms with Crippen LogP contribution in [0.1, 0.15) is 24.0 Å². The van der Waals surface area contributed by atoms with Gasteiger partial charge in [-0.1, -0.05) is 13.0 Å². The highest BCUT2D eigenvalue weighted by atomic mass is 32.1. The molecule has 0 saturated heterocycles. The van der Waals surface area contributed by atoms with Gasteiger partial charge in [-0.05, 0) is 25.5 Å². The second-order valence-corrected chi connectivity index (χ2v) is 5.01.